The molecule has 0 spiro atoms. The Labute approximate surface area is 54.5 Å². The van der Waals surface area contributed by atoms with Gasteiger partial charge >= 0.3 is 0 Å². The number of hydrogen-bond acceptors (Lipinski definition) is 2. The molecule has 9 heavy (non-hydrogen) atoms. The molecule has 1 heterocycles. The molecule has 2 heteroatoms. The molecule has 0 atom stereocenters. The summed E-state index contributed by atoms with van der Waals surface area (Å²) in [6, 6.07) is 8.36. The molecule has 0 amide bonds. The summed E-state index contributed by atoms with van der Waals surface area (Å²) in [5, 5.41) is 3.19. The molecule has 2 rings (SSSR count). The molecule has 0 unspecified atom stereocenters. The highest BCUT2D eigenvalue weighted by molar-refractivity contribution is 5.58. The Hall–Kier alpha value is -1.02. The number of benzene rings is 1. The molecule has 0 saturated heterocycles. The van der Waals surface area contributed by atoms with E-state index in [0.29, 0.717) is 0 Å². The second kappa shape index (κ2) is 2.07. The fourth-order valence-electron chi connectivity index (χ4n) is 0.931. The average molecular weight is 122 g/mol. The third-order valence-electron chi connectivity index (χ3n) is 1.49. The highest BCUT2D eigenvalue weighted by atomic mass is 14.9. The Balaban J connectivity index is 0.000000405. The van der Waals surface area contributed by atoms with Gasteiger partial charge in [0, 0.05) is 12.2 Å². The number of fused-ring (bicyclic) bond motifs is 1. The lowest BCUT2D eigenvalue weighted by molar-refractivity contribution is 1.05. The first kappa shape index (κ1) is 6.11. The summed E-state index contributed by atoms with van der Waals surface area (Å²) >= 11 is 0. The summed E-state index contributed by atoms with van der Waals surface area (Å²) in [6.45, 7) is 1.05. The van der Waals surface area contributed by atoms with Gasteiger partial charge in [-0.1, -0.05) is 18.2 Å². The minimum atomic E-state index is 0. The van der Waals surface area contributed by atoms with Crippen molar-refractivity contribution in [2.24, 2.45) is 0 Å². The highest BCUT2D eigenvalue weighted by Crippen LogP contribution is 2.23. The second-order valence-corrected chi connectivity index (χ2v) is 2.01. The Morgan fingerprint density at radius 3 is 2.33 bits per heavy atom. The van der Waals surface area contributed by atoms with Crippen LogP contribution in [0.1, 0.15) is 5.56 Å². The molecule has 1 aliphatic heterocycles. The van der Waals surface area contributed by atoms with Crippen molar-refractivity contribution >= 4 is 5.69 Å². The molecule has 0 saturated carbocycles. The molecule has 0 fully saturated rings. The Bertz CT molecular complexity index is 185. The monoisotopic (exact) mass is 122 g/mol. The van der Waals surface area contributed by atoms with Crippen molar-refractivity contribution in [3.63, 3.8) is 0 Å². The van der Waals surface area contributed by atoms with Gasteiger partial charge in [0.05, 0.1) is 0 Å². The quantitative estimate of drug-likeness (QED) is 0.551. The van der Waals surface area contributed by atoms with Gasteiger partial charge in [0.15, 0.2) is 0 Å². The van der Waals surface area contributed by atoms with Crippen LogP contribution in [0.25, 0.3) is 0 Å². The van der Waals surface area contributed by atoms with Crippen molar-refractivity contribution in [3.8, 4) is 0 Å². The van der Waals surface area contributed by atoms with E-state index < -0.39 is 0 Å². The van der Waals surface area contributed by atoms with E-state index in [4.69, 9.17) is 0 Å². The molecule has 1 aliphatic rings. The zero-order valence-corrected chi connectivity index (χ0v) is 5.22. The van der Waals surface area contributed by atoms with Crippen LogP contribution in [0.2, 0.25) is 0 Å². The first-order valence-electron chi connectivity index (χ1n) is 2.78. The molecule has 4 N–H and O–H groups in total. The van der Waals surface area contributed by atoms with Gasteiger partial charge in [0.25, 0.3) is 0 Å². The number of hydrogen-bond donors (Lipinski definition) is 2. The lowest BCUT2D eigenvalue weighted by atomic mass is 10.1. The summed E-state index contributed by atoms with van der Waals surface area (Å²) in [4.78, 5) is 0. The van der Waals surface area contributed by atoms with Crippen molar-refractivity contribution in [3.05, 3.63) is 29.8 Å². The maximum Gasteiger partial charge on any atom is 0.0421 e. The molecule has 48 valence electrons. The maximum atomic E-state index is 3.19. The molecule has 0 radical (unpaired) electrons. The minimum Gasteiger partial charge on any atom is -0.381 e. The first-order chi connectivity index (χ1) is 3.97. The zero-order chi connectivity index (χ0) is 5.40. The topological polar surface area (TPSA) is 47.0 Å². The summed E-state index contributed by atoms with van der Waals surface area (Å²) in [5.74, 6) is 0. The van der Waals surface area contributed by atoms with E-state index in [1.807, 2.05) is 6.07 Å². The number of rotatable bonds is 0. The predicted octanol–water partition coefficient (Wildman–Crippen LogP) is 1.77. The first-order valence-corrected chi connectivity index (χ1v) is 2.78. The van der Waals surface area contributed by atoms with E-state index in [1.165, 1.54) is 11.3 Å². The van der Waals surface area contributed by atoms with Gasteiger partial charge in [0.2, 0.25) is 0 Å². The predicted molar refractivity (Wildman–Crippen MR) is 38.8 cm³/mol. The van der Waals surface area contributed by atoms with Crippen LogP contribution in [0.15, 0.2) is 24.3 Å². The van der Waals surface area contributed by atoms with Gasteiger partial charge in [-0.2, -0.15) is 0 Å². The third kappa shape index (κ3) is 0.771. The fourth-order valence-corrected chi connectivity index (χ4v) is 0.931. The molecule has 0 aliphatic carbocycles. The standard InChI is InChI=1S/C7H7N.H3N/c1-2-4-7-6(3-1)5-8-7;/h1-4,8H,5H2;1H3. The van der Waals surface area contributed by atoms with Crippen molar-refractivity contribution in [1.82, 2.24) is 6.15 Å². The Morgan fingerprint density at radius 2 is 2.00 bits per heavy atom. The second-order valence-electron chi connectivity index (χ2n) is 2.01. The van der Waals surface area contributed by atoms with E-state index in [2.05, 4.69) is 23.5 Å². The van der Waals surface area contributed by atoms with E-state index in [0.717, 1.165) is 6.54 Å². The summed E-state index contributed by atoms with van der Waals surface area (Å²) in [6.07, 6.45) is 0. The van der Waals surface area contributed by atoms with Crippen LogP contribution in [0.5, 0.6) is 0 Å². The summed E-state index contributed by atoms with van der Waals surface area (Å²) < 4.78 is 0. The van der Waals surface area contributed by atoms with Crippen LogP contribution in [0.4, 0.5) is 5.69 Å². The van der Waals surface area contributed by atoms with Crippen LogP contribution in [0.3, 0.4) is 0 Å². The Morgan fingerprint density at radius 1 is 1.22 bits per heavy atom. The SMILES string of the molecule is N.c1ccc2c(c1)CN2. The number of anilines is 1. The average Bonchev–Trinajstić information content (AvgIpc) is 1.72. The molecule has 0 bridgehead atoms. The van der Waals surface area contributed by atoms with Gasteiger partial charge in [0.1, 0.15) is 0 Å². The van der Waals surface area contributed by atoms with Crippen molar-refractivity contribution < 1.29 is 0 Å². The van der Waals surface area contributed by atoms with Crippen LogP contribution in [-0.4, -0.2) is 0 Å². The molecule has 1 aromatic carbocycles. The highest BCUT2D eigenvalue weighted by Gasteiger charge is 2.07. The summed E-state index contributed by atoms with van der Waals surface area (Å²) in [5.41, 5.74) is 2.74. The number of nitrogens with one attached hydrogen (secondary N) is 1. The normalized spacial score (nSPS) is 12.0. The lowest BCUT2D eigenvalue weighted by Gasteiger charge is -2.19. The molecular weight excluding hydrogens is 112 g/mol. The van der Waals surface area contributed by atoms with Crippen LogP contribution in [0, 0.1) is 0 Å². The minimum absolute atomic E-state index is 0. The van der Waals surface area contributed by atoms with Gasteiger partial charge in [-0.15, -0.1) is 0 Å². The zero-order valence-electron chi connectivity index (χ0n) is 5.22. The van der Waals surface area contributed by atoms with Crippen molar-refractivity contribution in [2.45, 2.75) is 6.54 Å². The molecule has 0 aromatic heterocycles. The summed E-state index contributed by atoms with van der Waals surface area (Å²) in [7, 11) is 0. The van der Waals surface area contributed by atoms with Gasteiger partial charge in [-0.3, -0.25) is 0 Å². The van der Waals surface area contributed by atoms with E-state index in [-0.39, 0.29) is 6.15 Å². The van der Waals surface area contributed by atoms with Crippen molar-refractivity contribution in [1.29, 1.82) is 0 Å². The van der Waals surface area contributed by atoms with E-state index >= 15 is 0 Å². The fraction of sp³-hybridized carbons (Fsp3) is 0.143. The van der Waals surface area contributed by atoms with Crippen LogP contribution in [-0.2, 0) is 6.54 Å². The van der Waals surface area contributed by atoms with Gasteiger partial charge in [-0.25, -0.2) is 0 Å². The van der Waals surface area contributed by atoms with E-state index in [9.17, 15) is 0 Å². The number of para-hydroxylation sites is 1. The van der Waals surface area contributed by atoms with Crippen LogP contribution >= 0.6 is 0 Å². The molecule has 2 nitrogen and oxygen atoms in total. The smallest absolute Gasteiger partial charge is 0.0421 e. The maximum absolute atomic E-state index is 3.19. The largest absolute Gasteiger partial charge is 0.381 e. The molecular formula is C7H10N2. The van der Waals surface area contributed by atoms with E-state index in [1.54, 1.807) is 0 Å². The third-order valence-corrected chi connectivity index (χ3v) is 1.49. The van der Waals surface area contributed by atoms with Gasteiger partial charge < -0.3 is 11.5 Å². The Kier molecular flexibility index (Phi) is 1.40. The lowest BCUT2D eigenvalue weighted by Crippen LogP contribution is -2.12. The van der Waals surface area contributed by atoms with Crippen LogP contribution < -0.4 is 11.5 Å². The molecule has 1 aromatic rings. The van der Waals surface area contributed by atoms with Crippen molar-refractivity contribution in [2.75, 3.05) is 5.32 Å². The van der Waals surface area contributed by atoms with Gasteiger partial charge in [-0.05, 0) is 11.6 Å².